The summed E-state index contributed by atoms with van der Waals surface area (Å²) in [5, 5.41) is 13.4. The highest BCUT2D eigenvalue weighted by Gasteiger charge is 2.24. The van der Waals surface area contributed by atoms with E-state index in [1.165, 1.54) is 15.6 Å². The van der Waals surface area contributed by atoms with Gasteiger partial charge in [-0.1, -0.05) is 28.1 Å². The van der Waals surface area contributed by atoms with E-state index < -0.39 is 6.10 Å². The Morgan fingerprint density at radius 2 is 2.26 bits per heavy atom. The molecule has 0 saturated carbocycles. The highest BCUT2D eigenvalue weighted by Crippen LogP contribution is 2.35. The van der Waals surface area contributed by atoms with Gasteiger partial charge in [-0.25, -0.2) is 0 Å². The van der Waals surface area contributed by atoms with Crippen LogP contribution < -0.4 is 5.32 Å². The van der Waals surface area contributed by atoms with Crippen LogP contribution in [0.25, 0.3) is 0 Å². The maximum absolute atomic E-state index is 10.0. The van der Waals surface area contributed by atoms with Gasteiger partial charge < -0.3 is 14.8 Å². The summed E-state index contributed by atoms with van der Waals surface area (Å²) < 4.78 is 6.38. The Labute approximate surface area is 120 Å². The number of furan rings is 1. The van der Waals surface area contributed by atoms with Crippen molar-refractivity contribution >= 4 is 15.9 Å². The van der Waals surface area contributed by atoms with Crippen molar-refractivity contribution in [2.45, 2.75) is 25.0 Å². The van der Waals surface area contributed by atoms with Gasteiger partial charge in [0.25, 0.3) is 0 Å². The Bertz CT molecular complexity index is 553. The van der Waals surface area contributed by atoms with Crippen LogP contribution in [0.15, 0.2) is 45.5 Å². The largest absolute Gasteiger partial charge is 0.467 e. The first-order valence-electron chi connectivity index (χ1n) is 6.48. The predicted octanol–water partition coefficient (Wildman–Crippen LogP) is 3.35. The molecule has 0 radical (unpaired) electrons. The van der Waals surface area contributed by atoms with Crippen molar-refractivity contribution in [2.24, 2.45) is 0 Å². The van der Waals surface area contributed by atoms with Crippen molar-refractivity contribution in [1.82, 2.24) is 5.32 Å². The smallest absolute Gasteiger partial charge is 0.133 e. The molecule has 3 nitrogen and oxygen atoms in total. The Kier molecular flexibility index (Phi) is 3.73. The van der Waals surface area contributed by atoms with E-state index in [9.17, 15) is 5.11 Å². The van der Waals surface area contributed by atoms with Crippen LogP contribution in [0, 0.1) is 0 Å². The quantitative estimate of drug-likeness (QED) is 0.907. The van der Waals surface area contributed by atoms with E-state index in [0.29, 0.717) is 18.3 Å². The van der Waals surface area contributed by atoms with Gasteiger partial charge in [-0.15, -0.1) is 0 Å². The van der Waals surface area contributed by atoms with Gasteiger partial charge in [-0.3, -0.25) is 0 Å². The molecule has 2 N–H and O–H groups in total. The summed E-state index contributed by atoms with van der Waals surface area (Å²) in [6.45, 7) is 0.504. The predicted molar refractivity (Wildman–Crippen MR) is 76.9 cm³/mol. The number of aliphatic hydroxyl groups excluding tert-OH is 1. The first-order chi connectivity index (χ1) is 9.25. The number of benzene rings is 1. The fourth-order valence-corrected chi connectivity index (χ4v) is 3.24. The highest BCUT2D eigenvalue weighted by atomic mass is 79.9. The zero-order valence-electron chi connectivity index (χ0n) is 10.5. The molecule has 0 saturated heterocycles. The lowest BCUT2D eigenvalue weighted by atomic mass is 10.1. The molecule has 2 atom stereocenters. The summed E-state index contributed by atoms with van der Waals surface area (Å²) in [4.78, 5) is 0. The highest BCUT2D eigenvalue weighted by molar-refractivity contribution is 9.10. The molecule has 0 unspecified atom stereocenters. The molecule has 1 aliphatic carbocycles. The standard InChI is InChI=1S/C15H16BrNO2/c16-12-4-1-3-11-10(12)6-7-13(11)17-9-14(18)15-5-2-8-19-15/h1-5,8,13-14,17-18H,6-7,9H2/t13-,14+/m0/s1. The average Bonchev–Trinajstić information content (AvgIpc) is 3.06. The fraction of sp³-hybridized carbons (Fsp3) is 0.333. The molecule has 0 fully saturated rings. The van der Waals surface area contributed by atoms with Gasteiger partial charge in [0.1, 0.15) is 11.9 Å². The number of nitrogens with one attached hydrogen (secondary N) is 1. The number of hydrogen-bond donors (Lipinski definition) is 2. The minimum atomic E-state index is -0.591. The molecular weight excluding hydrogens is 306 g/mol. The molecule has 0 aliphatic heterocycles. The minimum Gasteiger partial charge on any atom is -0.467 e. The van der Waals surface area contributed by atoms with E-state index >= 15 is 0 Å². The van der Waals surface area contributed by atoms with E-state index in [1.54, 1.807) is 18.4 Å². The number of halogens is 1. The molecule has 0 bridgehead atoms. The molecule has 1 heterocycles. The third-order valence-electron chi connectivity index (χ3n) is 3.64. The van der Waals surface area contributed by atoms with Crippen LogP contribution in [0.3, 0.4) is 0 Å². The molecule has 3 rings (SSSR count). The Morgan fingerprint density at radius 3 is 3.05 bits per heavy atom. The lowest BCUT2D eigenvalue weighted by molar-refractivity contribution is 0.143. The third kappa shape index (κ3) is 2.61. The van der Waals surface area contributed by atoms with Crippen LogP contribution in [0.2, 0.25) is 0 Å². The minimum absolute atomic E-state index is 0.317. The van der Waals surface area contributed by atoms with Crippen molar-refractivity contribution in [1.29, 1.82) is 0 Å². The van der Waals surface area contributed by atoms with Gasteiger partial charge in [-0.05, 0) is 42.2 Å². The molecule has 0 spiro atoms. The van der Waals surface area contributed by atoms with Crippen LogP contribution in [0.4, 0.5) is 0 Å². The summed E-state index contributed by atoms with van der Waals surface area (Å²) in [5.74, 6) is 0.611. The summed E-state index contributed by atoms with van der Waals surface area (Å²) >= 11 is 3.59. The van der Waals surface area contributed by atoms with Gasteiger partial charge in [0.15, 0.2) is 0 Å². The SMILES string of the molecule is O[C@H](CN[C@H]1CCc2c(Br)cccc21)c1ccco1. The zero-order valence-corrected chi connectivity index (χ0v) is 12.1. The zero-order chi connectivity index (χ0) is 13.2. The maximum Gasteiger partial charge on any atom is 0.133 e. The van der Waals surface area contributed by atoms with Crippen molar-refractivity contribution in [3.63, 3.8) is 0 Å². The number of rotatable bonds is 4. The molecule has 0 amide bonds. The summed E-state index contributed by atoms with van der Waals surface area (Å²) in [5.41, 5.74) is 2.72. The second-order valence-corrected chi connectivity index (χ2v) is 5.69. The molecule has 100 valence electrons. The monoisotopic (exact) mass is 321 g/mol. The van der Waals surface area contributed by atoms with E-state index in [4.69, 9.17) is 4.42 Å². The van der Waals surface area contributed by atoms with Crippen LogP contribution >= 0.6 is 15.9 Å². The topological polar surface area (TPSA) is 45.4 Å². The second kappa shape index (κ2) is 5.49. The molecule has 19 heavy (non-hydrogen) atoms. The van der Waals surface area contributed by atoms with Crippen molar-refractivity contribution < 1.29 is 9.52 Å². The number of hydrogen-bond acceptors (Lipinski definition) is 3. The van der Waals surface area contributed by atoms with Crippen LogP contribution in [0.5, 0.6) is 0 Å². The van der Waals surface area contributed by atoms with Gasteiger partial charge >= 0.3 is 0 Å². The van der Waals surface area contributed by atoms with Gasteiger partial charge in [0, 0.05) is 17.1 Å². The van der Waals surface area contributed by atoms with E-state index in [0.717, 1.165) is 12.8 Å². The second-order valence-electron chi connectivity index (χ2n) is 4.84. The molecule has 4 heteroatoms. The molecular formula is C15H16BrNO2. The first kappa shape index (κ1) is 12.9. The lowest BCUT2D eigenvalue weighted by Gasteiger charge is -2.16. The van der Waals surface area contributed by atoms with E-state index in [1.807, 2.05) is 0 Å². The average molecular weight is 322 g/mol. The summed E-state index contributed by atoms with van der Waals surface area (Å²) in [6, 6.07) is 10.2. The number of aliphatic hydroxyl groups is 1. The van der Waals surface area contributed by atoms with Crippen LogP contribution in [-0.2, 0) is 6.42 Å². The lowest BCUT2D eigenvalue weighted by Crippen LogP contribution is -2.24. The van der Waals surface area contributed by atoms with E-state index in [2.05, 4.69) is 39.4 Å². The Balaban J connectivity index is 1.66. The van der Waals surface area contributed by atoms with Crippen molar-refractivity contribution in [3.05, 3.63) is 58.0 Å². The molecule has 1 aliphatic rings. The van der Waals surface area contributed by atoms with Gasteiger partial charge in [0.2, 0.25) is 0 Å². The Hall–Kier alpha value is -1.10. The number of fused-ring (bicyclic) bond motifs is 1. The summed E-state index contributed by atoms with van der Waals surface area (Å²) in [6.07, 6.45) is 3.14. The van der Waals surface area contributed by atoms with Crippen molar-refractivity contribution in [3.8, 4) is 0 Å². The maximum atomic E-state index is 10.0. The Morgan fingerprint density at radius 1 is 1.37 bits per heavy atom. The summed E-state index contributed by atoms with van der Waals surface area (Å²) in [7, 11) is 0. The van der Waals surface area contributed by atoms with Crippen LogP contribution in [-0.4, -0.2) is 11.7 Å². The van der Waals surface area contributed by atoms with Gasteiger partial charge in [-0.2, -0.15) is 0 Å². The van der Waals surface area contributed by atoms with E-state index in [-0.39, 0.29) is 0 Å². The fourth-order valence-electron chi connectivity index (χ4n) is 2.66. The normalized spacial score (nSPS) is 19.4. The van der Waals surface area contributed by atoms with Crippen LogP contribution in [0.1, 0.15) is 35.5 Å². The molecule has 2 aromatic rings. The molecule has 1 aromatic carbocycles. The third-order valence-corrected chi connectivity index (χ3v) is 4.39. The van der Waals surface area contributed by atoms with Gasteiger partial charge in [0.05, 0.1) is 6.26 Å². The van der Waals surface area contributed by atoms with Crippen molar-refractivity contribution in [2.75, 3.05) is 6.54 Å². The first-order valence-corrected chi connectivity index (χ1v) is 7.27. The molecule has 1 aromatic heterocycles.